The Hall–Kier alpha value is -2.46. The van der Waals surface area contributed by atoms with Gasteiger partial charge in [0.15, 0.2) is 0 Å². The Bertz CT molecular complexity index is 668. The fraction of sp³-hybridized carbons (Fsp3) is 0.667. The molecule has 0 N–H and O–H groups in total. The Labute approximate surface area is 150 Å². The lowest BCUT2D eigenvalue weighted by Crippen LogP contribution is -2.39. The number of azide groups is 1. The van der Waals surface area contributed by atoms with Gasteiger partial charge in [-0.15, -0.1) is 0 Å². The molecule has 2 fully saturated rings. The number of hydrogen-bond acceptors (Lipinski definition) is 8. The van der Waals surface area contributed by atoms with Crippen LogP contribution < -0.4 is 9.64 Å². The molecule has 26 heavy (non-hydrogen) atoms. The van der Waals surface area contributed by atoms with Crippen molar-refractivity contribution < 1.29 is 19.0 Å². The summed E-state index contributed by atoms with van der Waals surface area (Å²) >= 11 is 0. The van der Waals surface area contributed by atoms with E-state index in [4.69, 9.17) is 19.7 Å². The molecule has 2 aliphatic heterocycles. The molecule has 0 atom stereocenters. The third-order valence-corrected chi connectivity index (χ3v) is 4.10. The summed E-state index contributed by atoms with van der Waals surface area (Å²) < 4.78 is 16.4. The second-order valence-corrected chi connectivity index (χ2v) is 5.79. The van der Waals surface area contributed by atoms with E-state index in [-0.39, 0.29) is 11.6 Å². The first-order chi connectivity index (χ1) is 12.8. The molecule has 3 heterocycles. The minimum Gasteiger partial charge on any atom is -0.476 e. The molecular weight excluding hydrogens is 342 g/mol. The van der Waals surface area contributed by atoms with Gasteiger partial charge in [0.2, 0.25) is 11.8 Å². The monoisotopic (exact) mass is 363 g/mol. The molecule has 1 aromatic heterocycles. The predicted octanol–water partition coefficient (Wildman–Crippen LogP) is 0.475. The van der Waals surface area contributed by atoms with Gasteiger partial charge in [0.05, 0.1) is 26.4 Å². The van der Waals surface area contributed by atoms with E-state index in [1.54, 1.807) is 0 Å². The average Bonchev–Trinajstić information content (AvgIpc) is 2.69. The Kier molecular flexibility index (Phi) is 6.56. The Morgan fingerprint density at radius 1 is 1.19 bits per heavy atom. The van der Waals surface area contributed by atoms with Crippen LogP contribution in [-0.2, 0) is 9.47 Å². The quantitative estimate of drug-likeness (QED) is 0.406. The predicted molar refractivity (Wildman–Crippen MR) is 91.3 cm³/mol. The zero-order valence-electron chi connectivity index (χ0n) is 14.4. The van der Waals surface area contributed by atoms with Gasteiger partial charge < -0.3 is 19.1 Å². The maximum absolute atomic E-state index is 11.9. The standard InChI is InChI=1S/C15H21N7O4/c16-20-19-14(23)12-11-13(26-10-3-21-1-6-24-7-2-21)18-15(17-12)22-4-8-25-9-5-22/h11H,1-10H2. The molecule has 0 spiro atoms. The van der Waals surface area contributed by atoms with Crippen LogP contribution in [0.15, 0.2) is 11.2 Å². The maximum atomic E-state index is 11.9. The molecule has 1 amide bonds. The Morgan fingerprint density at radius 2 is 1.88 bits per heavy atom. The molecule has 0 unspecified atom stereocenters. The van der Waals surface area contributed by atoms with Crippen LogP contribution in [0.4, 0.5) is 5.95 Å². The normalized spacial score (nSPS) is 18.2. The van der Waals surface area contributed by atoms with Crippen molar-refractivity contribution in [1.82, 2.24) is 14.9 Å². The van der Waals surface area contributed by atoms with Gasteiger partial charge in [-0.25, -0.2) is 4.98 Å². The first-order valence-corrected chi connectivity index (χ1v) is 8.50. The minimum atomic E-state index is -0.762. The Morgan fingerprint density at radius 3 is 2.58 bits per heavy atom. The van der Waals surface area contributed by atoms with Crippen molar-refractivity contribution in [1.29, 1.82) is 0 Å². The average molecular weight is 363 g/mol. The maximum Gasteiger partial charge on any atom is 0.267 e. The number of carbonyl (C=O) groups is 1. The third kappa shape index (κ3) is 5.02. The van der Waals surface area contributed by atoms with E-state index in [0.717, 1.165) is 32.8 Å². The fourth-order valence-electron chi connectivity index (χ4n) is 2.70. The smallest absolute Gasteiger partial charge is 0.267 e. The zero-order valence-corrected chi connectivity index (χ0v) is 14.4. The lowest BCUT2D eigenvalue weighted by atomic mass is 10.3. The molecule has 3 rings (SSSR count). The lowest BCUT2D eigenvalue weighted by Gasteiger charge is -2.27. The molecule has 0 aromatic carbocycles. The molecular formula is C15H21N7O4. The fourth-order valence-corrected chi connectivity index (χ4v) is 2.70. The van der Waals surface area contributed by atoms with Gasteiger partial charge >= 0.3 is 0 Å². The van der Waals surface area contributed by atoms with Crippen molar-refractivity contribution in [3.8, 4) is 5.88 Å². The van der Waals surface area contributed by atoms with Crippen LogP contribution in [0, 0.1) is 0 Å². The summed E-state index contributed by atoms with van der Waals surface area (Å²) in [5.41, 5.74) is 8.51. The second kappa shape index (κ2) is 9.30. The molecule has 2 saturated heterocycles. The van der Waals surface area contributed by atoms with Gasteiger partial charge in [0.1, 0.15) is 12.3 Å². The van der Waals surface area contributed by atoms with Crippen molar-refractivity contribution in [3.05, 3.63) is 22.2 Å². The van der Waals surface area contributed by atoms with Gasteiger partial charge in [-0.2, -0.15) is 4.98 Å². The van der Waals surface area contributed by atoms with Crippen molar-refractivity contribution in [2.45, 2.75) is 0 Å². The van der Waals surface area contributed by atoms with Crippen LogP contribution in [0.2, 0.25) is 0 Å². The number of morpholine rings is 2. The SMILES string of the molecule is [N-]=[N+]=NC(=O)c1cc(OCCN2CCOCC2)nc(N2CCOCC2)n1. The highest BCUT2D eigenvalue weighted by Gasteiger charge is 2.19. The van der Waals surface area contributed by atoms with Crippen LogP contribution >= 0.6 is 0 Å². The summed E-state index contributed by atoms with van der Waals surface area (Å²) in [5, 5.41) is 3.11. The van der Waals surface area contributed by atoms with E-state index in [1.165, 1.54) is 6.07 Å². The summed E-state index contributed by atoms with van der Waals surface area (Å²) in [6, 6.07) is 1.40. The van der Waals surface area contributed by atoms with Crippen LogP contribution in [0.25, 0.3) is 10.4 Å². The molecule has 11 heteroatoms. The van der Waals surface area contributed by atoms with Gasteiger partial charge in [-0.3, -0.25) is 9.69 Å². The number of hydrogen-bond donors (Lipinski definition) is 0. The summed E-state index contributed by atoms with van der Waals surface area (Å²) in [7, 11) is 0. The van der Waals surface area contributed by atoms with Crippen molar-refractivity contribution in [2.24, 2.45) is 5.11 Å². The molecule has 140 valence electrons. The van der Waals surface area contributed by atoms with Crippen molar-refractivity contribution in [2.75, 3.05) is 70.7 Å². The van der Waals surface area contributed by atoms with Crippen LogP contribution in [-0.4, -0.2) is 86.5 Å². The highest BCUT2D eigenvalue weighted by atomic mass is 16.5. The largest absolute Gasteiger partial charge is 0.476 e. The summed E-state index contributed by atoms with van der Waals surface area (Å²) in [5.74, 6) is -0.109. The first kappa shape index (κ1) is 18.3. The van der Waals surface area contributed by atoms with E-state index in [2.05, 4.69) is 24.9 Å². The molecule has 0 aliphatic carbocycles. The molecule has 1 aromatic rings. The number of aromatic nitrogens is 2. The summed E-state index contributed by atoms with van der Waals surface area (Å²) in [6.45, 7) is 6.70. The number of amides is 1. The lowest BCUT2D eigenvalue weighted by molar-refractivity contribution is 0.0320. The number of anilines is 1. The van der Waals surface area contributed by atoms with Crippen molar-refractivity contribution in [3.63, 3.8) is 0 Å². The van der Waals surface area contributed by atoms with E-state index >= 15 is 0 Å². The molecule has 0 radical (unpaired) electrons. The van der Waals surface area contributed by atoms with Gasteiger partial charge in [-0.1, -0.05) is 0 Å². The van der Waals surface area contributed by atoms with E-state index < -0.39 is 5.91 Å². The Balaban J connectivity index is 1.70. The van der Waals surface area contributed by atoms with Gasteiger partial charge in [0.25, 0.3) is 5.91 Å². The minimum absolute atomic E-state index is 0.0145. The summed E-state index contributed by atoms with van der Waals surface area (Å²) in [4.78, 5) is 27.2. The van der Waals surface area contributed by atoms with Crippen LogP contribution in [0.3, 0.4) is 0 Å². The number of rotatable bonds is 6. The number of carbonyl (C=O) groups excluding carboxylic acids is 1. The molecule has 11 nitrogen and oxygen atoms in total. The summed E-state index contributed by atoms with van der Waals surface area (Å²) in [6.07, 6.45) is 0. The third-order valence-electron chi connectivity index (χ3n) is 4.10. The first-order valence-electron chi connectivity index (χ1n) is 8.50. The van der Waals surface area contributed by atoms with Crippen LogP contribution in [0.1, 0.15) is 10.5 Å². The van der Waals surface area contributed by atoms with E-state index in [1.807, 2.05) is 4.90 Å². The highest BCUT2D eigenvalue weighted by molar-refractivity contribution is 5.93. The van der Waals surface area contributed by atoms with E-state index in [0.29, 0.717) is 38.9 Å². The highest BCUT2D eigenvalue weighted by Crippen LogP contribution is 2.18. The van der Waals surface area contributed by atoms with E-state index in [9.17, 15) is 4.79 Å². The molecule has 0 bridgehead atoms. The molecule has 2 aliphatic rings. The van der Waals surface area contributed by atoms with Gasteiger partial charge in [-0.05, 0) is 10.6 Å². The molecule has 0 saturated carbocycles. The number of nitrogens with zero attached hydrogens (tertiary/aromatic N) is 7. The zero-order chi connectivity index (χ0) is 18.2. The second-order valence-electron chi connectivity index (χ2n) is 5.79. The topological polar surface area (TPSA) is 126 Å². The number of ether oxygens (including phenoxy) is 3. The van der Waals surface area contributed by atoms with Crippen LogP contribution in [0.5, 0.6) is 5.88 Å². The van der Waals surface area contributed by atoms with Crippen molar-refractivity contribution >= 4 is 11.9 Å². The van der Waals surface area contributed by atoms with Gasteiger partial charge in [0, 0.05) is 43.7 Å².